The predicted molar refractivity (Wildman–Crippen MR) is 65.4 cm³/mol. The molecule has 5 heteroatoms. The van der Waals surface area contributed by atoms with Gasteiger partial charge in [-0.25, -0.2) is 9.97 Å². The molecule has 2 unspecified atom stereocenters. The molecule has 1 aromatic heterocycles. The third kappa shape index (κ3) is 2.28. The van der Waals surface area contributed by atoms with Crippen LogP contribution in [0.1, 0.15) is 29.2 Å². The fraction of sp³-hybridized carbons (Fsp3) is 0.615. The molecule has 3 heterocycles. The van der Waals surface area contributed by atoms with Crippen LogP contribution < -0.4 is 5.32 Å². The number of carbonyl (C=O) groups is 1. The summed E-state index contributed by atoms with van der Waals surface area (Å²) in [4.78, 5) is 20.7. The van der Waals surface area contributed by atoms with Gasteiger partial charge in [0.25, 0.3) is 0 Å². The van der Waals surface area contributed by atoms with Gasteiger partial charge in [0, 0.05) is 29.9 Å². The predicted octanol–water partition coefficient (Wildman–Crippen LogP) is 0.735. The fourth-order valence-corrected chi connectivity index (χ4v) is 2.80. The lowest BCUT2D eigenvalue weighted by Gasteiger charge is -2.39. The zero-order chi connectivity index (χ0) is 12.5. The van der Waals surface area contributed by atoms with E-state index in [1.807, 2.05) is 13.0 Å². The first-order valence-electron chi connectivity index (χ1n) is 6.40. The molecule has 0 saturated carbocycles. The molecule has 1 aromatic rings. The highest BCUT2D eigenvalue weighted by Crippen LogP contribution is 2.26. The Morgan fingerprint density at radius 1 is 1.39 bits per heavy atom. The van der Waals surface area contributed by atoms with Crippen molar-refractivity contribution in [2.75, 3.05) is 13.2 Å². The molecule has 3 rings (SSSR count). The average Bonchev–Trinajstić information content (AvgIpc) is 2.37. The molecular weight excluding hydrogens is 230 g/mol. The molecule has 18 heavy (non-hydrogen) atoms. The number of piperidine rings is 1. The number of aromatic nitrogens is 2. The lowest BCUT2D eigenvalue weighted by molar-refractivity contribution is 0.00932. The first kappa shape index (κ1) is 11.7. The van der Waals surface area contributed by atoms with Gasteiger partial charge >= 0.3 is 0 Å². The van der Waals surface area contributed by atoms with Crippen molar-refractivity contribution in [2.45, 2.75) is 31.8 Å². The Morgan fingerprint density at radius 3 is 2.78 bits per heavy atom. The van der Waals surface area contributed by atoms with Gasteiger partial charge in [-0.2, -0.15) is 0 Å². The van der Waals surface area contributed by atoms with Gasteiger partial charge in [-0.1, -0.05) is 0 Å². The van der Waals surface area contributed by atoms with E-state index in [0.29, 0.717) is 31.1 Å². The number of nitrogens with one attached hydrogen (secondary N) is 1. The maximum Gasteiger partial charge on any atom is 0.203 e. The van der Waals surface area contributed by atoms with Crippen LogP contribution in [0.5, 0.6) is 0 Å². The summed E-state index contributed by atoms with van der Waals surface area (Å²) in [5, 5.41) is 3.48. The molecule has 2 bridgehead atoms. The van der Waals surface area contributed by atoms with Gasteiger partial charge in [-0.3, -0.25) is 4.79 Å². The largest absolute Gasteiger partial charge is 0.378 e. The van der Waals surface area contributed by atoms with E-state index in [4.69, 9.17) is 4.74 Å². The molecule has 2 fully saturated rings. The molecule has 0 aliphatic carbocycles. The summed E-state index contributed by atoms with van der Waals surface area (Å²) in [5.74, 6) is 0.477. The lowest BCUT2D eigenvalue weighted by Crippen LogP contribution is -2.55. The highest BCUT2D eigenvalue weighted by Gasteiger charge is 2.36. The molecule has 0 spiro atoms. The van der Waals surface area contributed by atoms with E-state index >= 15 is 0 Å². The summed E-state index contributed by atoms with van der Waals surface area (Å²) in [7, 11) is 0. The summed E-state index contributed by atoms with van der Waals surface area (Å²) in [5.41, 5.74) is 0.839. The number of ketones is 1. The zero-order valence-corrected chi connectivity index (χ0v) is 10.4. The van der Waals surface area contributed by atoms with E-state index in [9.17, 15) is 4.79 Å². The number of fused-ring (bicyclic) bond motifs is 2. The number of ether oxygens (including phenoxy) is 1. The number of morpholine rings is 1. The Morgan fingerprint density at radius 2 is 2.11 bits per heavy atom. The van der Waals surface area contributed by atoms with E-state index in [0.717, 1.165) is 18.5 Å². The smallest absolute Gasteiger partial charge is 0.203 e. The second kappa shape index (κ2) is 4.74. The third-order valence-electron chi connectivity index (χ3n) is 3.63. The van der Waals surface area contributed by atoms with E-state index in [2.05, 4.69) is 15.3 Å². The summed E-state index contributed by atoms with van der Waals surface area (Å²) in [6.45, 7) is 3.29. The zero-order valence-electron chi connectivity index (χ0n) is 10.4. The van der Waals surface area contributed by atoms with Crippen LogP contribution in [0.3, 0.4) is 0 Å². The van der Waals surface area contributed by atoms with Crippen LogP contribution in [-0.2, 0) is 4.74 Å². The van der Waals surface area contributed by atoms with E-state index < -0.39 is 0 Å². The molecule has 5 nitrogen and oxygen atoms in total. The normalized spacial score (nSPS) is 31.1. The molecule has 0 radical (unpaired) electrons. The van der Waals surface area contributed by atoms with Gasteiger partial charge in [0.15, 0.2) is 5.82 Å². The quantitative estimate of drug-likeness (QED) is 0.781. The molecule has 2 saturated heterocycles. The highest BCUT2D eigenvalue weighted by atomic mass is 16.5. The van der Waals surface area contributed by atoms with Gasteiger partial charge in [0.2, 0.25) is 5.78 Å². The monoisotopic (exact) mass is 247 g/mol. The van der Waals surface area contributed by atoms with Crippen molar-refractivity contribution in [3.8, 4) is 0 Å². The van der Waals surface area contributed by atoms with Crippen LogP contribution in [0.2, 0.25) is 0 Å². The standard InChI is InChI=1S/C13H17N3O2/c1-8-2-3-14-13(15-8)12(17)9-4-10-6-18-7-11(5-9)16-10/h2-3,9-11,16H,4-7H2,1H3. The van der Waals surface area contributed by atoms with E-state index in [1.165, 1.54) is 0 Å². The van der Waals surface area contributed by atoms with Gasteiger partial charge < -0.3 is 10.1 Å². The minimum Gasteiger partial charge on any atom is -0.378 e. The summed E-state index contributed by atoms with van der Waals surface area (Å²) in [6, 6.07) is 2.41. The van der Waals surface area contributed by atoms with E-state index in [1.54, 1.807) is 6.20 Å². The fourth-order valence-electron chi connectivity index (χ4n) is 2.80. The van der Waals surface area contributed by atoms with Crippen molar-refractivity contribution in [1.82, 2.24) is 15.3 Å². The first-order valence-corrected chi connectivity index (χ1v) is 6.40. The number of Topliss-reactive ketones (excluding diaryl/α,β-unsaturated/α-hetero) is 1. The number of nitrogens with zero attached hydrogens (tertiary/aromatic N) is 2. The molecule has 2 aliphatic rings. The molecular formula is C13H17N3O2. The Kier molecular flexibility index (Phi) is 3.09. The Bertz CT molecular complexity index is 451. The minimum absolute atomic E-state index is 0.0342. The molecule has 2 atom stereocenters. The van der Waals surface area contributed by atoms with Gasteiger partial charge in [-0.05, 0) is 25.8 Å². The molecule has 96 valence electrons. The Balaban J connectivity index is 1.76. The summed E-state index contributed by atoms with van der Waals surface area (Å²) in [6.07, 6.45) is 3.31. The van der Waals surface area contributed by atoms with Crippen molar-refractivity contribution in [2.24, 2.45) is 5.92 Å². The number of hydrogen-bond donors (Lipinski definition) is 1. The lowest BCUT2D eigenvalue weighted by atomic mass is 9.84. The van der Waals surface area contributed by atoms with Crippen molar-refractivity contribution in [3.63, 3.8) is 0 Å². The molecule has 0 aromatic carbocycles. The van der Waals surface area contributed by atoms with E-state index in [-0.39, 0.29) is 11.7 Å². The maximum atomic E-state index is 12.4. The Labute approximate surface area is 106 Å². The molecule has 0 amide bonds. The number of rotatable bonds is 2. The van der Waals surface area contributed by atoms with Crippen LogP contribution in [0.4, 0.5) is 0 Å². The van der Waals surface area contributed by atoms with Crippen molar-refractivity contribution < 1.29 is 9.53 Å². The number of hydrogen-bond acceptors (Lipinski definition) is 5. The minimum atomic E-state index is 0.0342. The topological polar surface area (TPSA) is 64.1 Å². The maximum absolute atomic E-state index is 12.4. The SMILES string of the molecule is Cc1ccnc(C(=O)C2CC3COCC(C2)N3)n1. The second-order valence-corrected chi connectivity index (χ2v) is 5.15. The van der Waals surface area contributed by atoms with Crippen LogP contribution in [0.25, 0.3) is 0 Å². The van der Waals surface area contributed by atoms with Crippen LogP contribution in [0, 0.1) is 12.8 Å². The first-order chi connectivity index (χ1) is 8.72. The van der Waals surface area contributed by atoms with Crippen molar-refractivity contribution >= 4 is 5.78 Å². The van der Waals surface area contributed by atoms with Gasteiger partial charge in [0.1, 0.15) is 0 Å². The van der Waals surface area contributed by atoms with Gasteiger partial charge in [0.05, 0.1) is 13.2 Å². The summed E-state index contributed by atoms with van der Waals surface area (Å²) >= 11 is 0. The summed E-state index contributed by atoms with van der Waals surface area (Å²) < 4.78 is 5.48. The Hall–Kier alpha value is -1.33. The molecule has 1 N–H and O–H groups in total. The third-order valence-corrected chi connectivity index (χ3v) is 3.63. The van der Waals surface area contributed by atoms with Gasteiger partial charge in [-0.15, -0.1) is 0 Å². The van der Waals surface area contributed by atoms with Crippen molar-refractivity contribution in [1.29, 1.82) is 0 Å². The molecule has 2 aliphatic heterocycles. The van der Waals surface area contributed by atoms with Crippen LogP contribution in [0.15, 0.2) is 12.3 Å². The highest BCUT2D eigenvalue weighted by molar-refractivity contribution is 5.94. The van der Waals surface area contributed by atoms with Crippen molar-refractivity contribution in [3.05, 3.63) is 23.8 Å². The second-order valence-electron chi connectivity index (χ2n) is 5.15. The van der Waals surface area contributed by atoms with Crippen LogP contribution >= 0.6 is 0 Å². The number of carbonyl (C=O) groups excluding carboxylic acids is 1. The van der Waals surface area contributed by atoms with Crippen LogP contribution in [-0.4, -0.2) is 41.0 Å². The number of aryl methyl sites for hydroxylation is 1. The average molecular weight is 247 g/mol.